The standard InChI is InChI=1S/C16H13N.C12H9NS/c17-16-14-9-5-4-8-13(14)10-11-15(16)12-6-2-1-3-7-12;1-3-7-11-9(5-1)13-10-6-2-4-8-12(10)14-11/h1-11H,17H2;1-8,13H. The average Bonchev–Trinajstić information content (AvgIpc) is 2.84. The molecule has 5 aromatic carbocycles. The molecule has 1 heterocycles. The Morgan fingerprint density at radius 2 is 1.13 bits per heavy atom. The van der Waals surface area contributed by atoms with E-state index < -0.39 is 0 Å². The van der Waals surface area contributed by atoms with Crippen LogP contribution in [0.4, 0.5) is 17.1 Å². The van der Waals surface area contributed by atoms with Crippen LogP contribution in [0.3, 0.4) is 0 Å². The maximum absolute atomic E-state index is 6.25. The molecule has 0 fully saturated rings. The molecule has 0 spiro atoms. The molecule has 2 nitrogen and oxygen atoms in total. The Hall–Kier alpha value is -3.69. The van der Waals surface area contributed by atoms with Gasteiger partial charge in [-0.2, -0.15) is 0 Å². The molecule has 0 unspecified atom stereocenters. The van der Waals surface area contributed by atoms with Gasteiger partial charge >= 0.3 is 0 Å². The topological polar surface area (TPSA) is 38.0 Å². The van der Waals surface area contributed by atoms with Crippen molar-refractivity contribution < 1.29 is 0 Å². The van der Waals surface area contributed by atoms with E-state index in [4.69, 9.17) is 5.73 Å². The number of fused-ring (bicyclic) bond motifs is 3. The minimum Gasteiger partial charge on any atom is -0.398 e. The Kier molecular flexibility index (Phi) is 5.34. The third-order valence-electron chi connectivity index (χ3n) is 5.32. The maximum atomic E-state index is 6.25. The van der Waals surface area contributed by atoms with Gasteiger partial charge in [0.2, 0.25) is 0 Å². The highest BCUT2D eigenvalue weighted by molar-refractivity contribution is 7.99. The monoisotopic (exact) mass is 418 g/mol. The Morgan fingerprint density at radius 1 is 0.548 bits per heavy atom. The molecule has 0 atom stereocenters. The third-order valence-corrected chi connectivity index (χ3v) is 6.47. The van der Waals surface area contributed by atoms with Crippen molar-refractivity contribution in [2.75, 3.05) is 11.1 Å². The molecular weight excluding hydrogens is 396 g/mol. The second-order valence-electron chi connectivity index (χ2n) is 7.33. The van der Waals surface area contributed by atoms with E-state index in [0.717, 1.165) is 22.2 Å². The van der Waals surface area contributed by atoms with Crippen LogP contribution >= 0.6 is 11.8 Å². The molecule has 0 amide bonds. The molecule has 0 aliphatic carbocycles. The lowest BCUT2D eigenvalue weighted by molar-refractivity contribution is 1.32. The van der Waals surface area contributed by atoms with E-state index in [1.807, 2.05) is 42.1 Å². The van der Waals surface area contributed by atoms with Gasteiger partial charge in [-0.1, -0.05) is 103 Å². The number of hydrogen-bond acceptors (Lipinski definition) is 3. The predicted molar refractivity (Wildman–Crippen MR) is 134 cm³/mol. The summed E-state index contributed by atoms with van der Waals surface area (Å²) in [4.78, 5) is 2.59. The first-order valence-electron chi connectivity index (χ1n) is 10.3. The molecule has 0 aromatic heterocycles. The molecule has 5 aromatic rings. The molecule has 1 aliphatic heterocycles. The van der Waals surface area contributed by atoms with Crippen molar-refractivity contribution in [3.8, 4) is 11.1 Å². The highest BCUT2D eigenvalue weighted by Crippen LogP contribution is 2.43. The van der Waals surface area contributed by atoms with Crippen LogP contribution in [0.15, 0.2) is 125 Å². The summed E-state index contributed by atoms with van der Waals surface area (Å²) < 4.78 is 0. The second-order valence-corrected chi connectivity index (χ2v) is 8.42. The molecule has 31 heavy (non-hydrogen) atoms. The number of anilines is 3. The van der Waals surface area contributed by atoms with Gasteiger partial charge in [-0.15, -0.1) is 0 Å². The lowest BCUT2D eigenvalue weighted by Gasteiger charge is -2.19. The zero-order valence-corrected chi connectivity index (χ0v) is 17.8. The van der Waals surface area contributed by atoms with Crippen LogP contribution < -0.4 is 11.1 Å². The maximum Gasteiger partial charge on any atom is 0.0526 e. The summed E-state index contributed by atoms with van der Waals surface area (Å²) in [5.74, 6) is 0. The predicted octanol–water partition coefficient (Wildman–Crippen LogP) is 7.98. The van der Waals surface area contributed by atoms with E-state index in [1.54, 1.807) is 0 Å². The second kappa shape index (κ2) is 8.58. The lowest BCUT2D eigenvalue weighted by atomic mass is 9.99. The Balaban J connectivity index is 0.000000134. The van der Waals surface area contributed by atoms with Gasteiger partial charge in [-0.3, -0.25) is 0 Å². The Bertz CT molecular complexity index is 1260. The molecule has 150 valence electrons. The highest BCUT2D eigenvalue weighted by atomic mass is 32.2. The number of nitrogen functional groups attached to an aromatic ring is 1. The van der Waals surface area contributed by atoms with Crippen LogP contribution in [0.2, 0.25) is 0 Å². The highest BCUT2D eigenvalue weighted by Gasteiger charge is 2.13. The van der Waals surface area contributed by atoms with Crippen molar-refractivity contribution in [3.63, 3.8) is 0 Å². The van der Waals surface area contributed by atoms with E-state index in [0.29, 0.717) is 0 Å². The SMILES string of the molecule is Nc1c(-c2ccccc2)ccc2ccccc12.c1ccc2c(c1)Nc1ccccc1S2. The first-order valence-corrected chi connectivity index (χ1v) is 11.1. The van der Waals surface area contributed by atoms with Crippen LogP contribution in [-0.2, 0) is 0 Å². The largest absolute Gasteiger partial charge is 0.398 e. The first-order chi connectivity index (χ1) is 15.3. The van der Waals surface area contributed by atoms with E-state index in [1.165, 1.54) is 26.6 Å². The average molecular weight is 419 g/mol. The number of benzene rings is 5. The van der Waals surface area contributed by atoms with Gasteiger partial charge in [0.1, 0.15) is 0 Å². The molecule has 3 heteroatoms. The number of hydrogen-bond donors (Lipinski definition) is 2. The van der Waals surface area contributed by atoms with E-state index >= 15 is 0 Å². The van der Waals surface area contributed by atoms with Gasteiger partial charge < -0.3 is 11.1 Å². The summed E-state index contributed by atoms with van der Waals surface area (Å²) in [6.45, 7) is 0. The summed E-state index contributed by atoms with van der Waals surface area (Å²) in [5, 5.41) is 5.72. The van der Waals surface area contributed by atoms with Gasteiger partial charge in [0.15, 0.2) is 0 Å². The Morgan fingerprint density at radius 3 is 1.84 bits per heavy atom. The number of para-hydroxylation sites is 2. The minimum absolute atomic E-state index is 0.856. The van der Waals surface area contributed by atoms with Gasteiger partial charge in [0.25, 0.3) is 0 Å². The fourth-order valence-electron chi connectivity index (χ4n) is 3.75. The lowest BCUT2D eigenvalue weighted by Crippen LogP contribution is -1.98. The van der Waals surface area contributed by atoms with Crippen LogP contribution in [0, 0.1) is 0 Å². The molecule has 0 saturated heterocycles. The fourth-order valence-corrected chi connectivity index (χ4v) is 4.73. The fraction of sp³-hybridized carbons (Fsp3) is 0. The number of rotatable bonds is 1. The zero-order valence-electron chi connectivity index (χ0n) is 17.0. The zero-order chi connectivity index (χ0) is 21.0. The Labute approximate surface area is 186 Å². The van der Waals surface area contributed by atoms with Crippen LogP contribution in [0.25, 0.3) is 21.9 Å². The normalized spacial score (nSPS) is 11.5. The summed E-state index contributed by atoms with van der Waals surface area (Å²) in [5.41, 5.74) is 11.8. The molecule has 1 aliphatic rings. The third kappa shape index (κ3) is 4.00. The van der Waals surface area contributed by atoms with Crippen LogP contribution in [0.5, 0.6) is 0 Å². The first kappa shape index (κ1) is 19.3. The van der Waals surface area contributed by atoms with Crippen LogP contribution in [0.1, 0.15) is 0 Å². The minimum atomic E-state index is 0.856. The summed E-state index contributed by atoms with van der Waals surface area (Å²) in [6.07, 6.45) is 0. The van der Waals surface area contributed by atoms with Gasteiger partial charge in [-0.05, 0) is 35.2 Å². The molecule has 0 radical (unpaired) electrons. The van der Waals surface area contributed by atoms with Gasteiger partial charge in [0.05, 0.1) is 11.4 Å². The summed E-state index contributed by atoms with van der Waals surface area (Å²) >= 11 is 1.82. The quantitative estimate of drug-likeness (QED) is 0.266. The number of nitrogens with one attached hydrogen (secondary N) is 1. The van der Waals surface area contributed by atoms with E-state index in [-0.39, 0.29) is 0 Å². The molecular formula is C28H22N2S. The van der Waals surface area contributed by atoms with Gasteiger partial charge in [0, 0.05) is 26.4 Å². The molecule has 0 saturated carbocycles. The van der Waals surface area contributed by atoms with E-state index in [9.17, 15) is 0 Å². The van der Waals surface area contributed by atoms with Crippen LogP contribution in [-0.4, -0.2) is 0 Å². The molecule has 3 N–H and O–H groups in total. The van der Waals surface area contributed by atoms with Crippen molar-refractivity contribution in [2.24, 2.45) is 0 Å². The molecule has 6 rings (SSSR count). The van der Waals surface area contributed by atoms with Crippen molar-refractivity contribution >= 4 is 39.6 Å². The van der Waals surface area contributed by atoms with Crippen molar-refractivity contribution in [3.05, 3.63) is 115 Å². The summed E-state index contributed by atoms with van der Waals surface area (Å²) in [7, 11) is 0. The van der Waals surface area contributed by atoms with Crippen molar-refractivity contribution in [1.29, 1.82) is 0 Å². The summed E-state index contributed by atoms with van der Waals surface area (Å²) in [6, 6.07) is 39.4. The van der Waals surface area contributed by atoms with E-state index in [2.05, 4.69) is 90.2 Å². The van der Waals surface area contributed by atoms with Gasteiger partial charge in [-0.25, -0.2) is 0 Å². The van der Waals surface area contributed by atoms with Crippen molar-refractivity contribution in [1.82, 2.24) is 0 Å². The molecule has 0 bridgehead atoms. The van der Waals surface area contributed by atoms with Crippen molar-refractivity contribution in [2.45, 2.75) is 9.79 Å². The smallest absolute Gasteiger partial charge is 0.0526 e. The number of nitrogens with two attached hydrogens (primary N) is 1.